The number of nitrogens with zero attached hydrogens (tertiary/aromatic N) is 2. The summed E-state index contributed by atoms with van der Waals surface area (Å²) in [6.45, 7) is 3.46. The molecule has 114 valence electrons. The number of anilines is 1. The van der Waals surface area contributed by atoms with Crippen molar-refractivity contribution in [3.63, 3.8) is 0 Å². The van der Waals surface area contributed by atoms with E-state index in [2.05, 4.69) is 15.3 Å². The molecule has 1 aromatic carbocycles. The lowest BCUT2D eigenvalue weighted by Crippen LogP contribution is -2.14. The Hall–Kier alpha value is -2.76. The van der Waals surface area contributed by atoms with Gasteiger partial charge in [-0.25, -0.2) is 4.98 Å². The molecule has 0 aliphatic rings. The average Bonchev–Trinajstić information content (AvgIpc) is 2.49. The maximum absolute atomic E-state index is 12.0. The van der Waals surface area contributed by atoms with Gasteiger partial charge in [-0.1, -0.05) is 19.1 Å². The van der Waals surface area contributed by atoms with Gasteiger partial charge in [0.1, 0.15) is 5.69 Å². The summed E-state index contributed by atoms with van der Waals surface area (Å²) in [5, 5.41) is 11.6. The van der Waals surface area contributed by atoms with Crippen molar-refractivity contribution in [2.75, 3.05) is 5.32 Å². The summed E-state index contributed by atoms with van der Waals surface area (Å²) in [7, 11) is 0. The lowest BCUT2D eigenvalue weighted by Gasteiger charge is -2.08. The Balaban J connectivity index is 2.00. The Morgan fingerprint density at radius 3 is 2.41 bits per heavy atom. The molecule has 1 unspecified atom stereocenters. The Morgan fingerprint density at radius 1 is 1.18 bits per heavy atom. The van der Waals surface area contributed by atoms with Gasteiger partial charge in [0.15, 0.2) is 0 Å². The van der Waals surface area contributed by atoms with Crippen molar-refractivity contribution in [3.05, 3.63) is 53.6 Å². The molecule has 0 radical (unpaired) electrons. The Bertz CT molecular complexity index is 666. The molecule has 0 saturated carbocycles. The van der Waals surface area contributed by atoms with E-state index in [1.165, 1.54) is 12.4 Å². The van der Waals surface area contributed by atoms with Gasteiger partial charge in [0.2, 0.25) is 0 Å². The number of carbonyl (C=O) groups excluding carboxylic acids is 1. The molecule has 0 bridgehead atoms. The summed E-state index contributed by atoms with van der Waals surface area (Å²) in [6, 6.07) is 7.08. The van der Waals surface area contributed by atoms with Gasteiger partial charge in [0, 0.05) is 11.9 Å². The van der Waals surface area contributed by atoms with Gasteiger partial charge in [-0.05, 0) is 31.0 Å². The number of aliphatic carboxylic acids is 1. The largest absolute Gasteiger partial charge is 0.481 e. The van der Waals surface area contributed by atoms with Crippen molar-refractivity contribution in [1.82, 2.24) is 9.97 Å². The zero-order chi connectivity index (χ0) is 16.1. The first-order chi connectivity index (χ1) is 10.5. The highest BCUT2D eigenvalue weighted by Gasteiger charge is 2.12. The van der Waals surface area contributed by atoms with Crippen LogP contribution < -0.4 is 5.32 Å². The minimum absolute atomic E-state index is 0.245. The van der Waals surface area contributed by atoms with Gasteiger partial charge in [0.25, 0.3) is 5.91 Å². The highest BCUT2D eigenvalue weighted by molar-refractivity contribution is 6.02. The third-order valence-corrected chi connectivity index (χ3v) is 3.19. The van der Waals surface area contributed by atoms with Crippen molar-refractivity contribution in [1.29, 1.82) is 0 Å². The topological polar surface area (TPSA) is 92.2 Å². The number of carbonyl (C=O) groups is 2. The number of benzene rings is 1. The van der Waals surface area contributed by atoms with Crippen molar-refractivity contribution in [2.24, 2.45) is 5.92 Å². The van der Waals surface area contributed by atoms with Crippen molar-refractivity contribution < 1.29 is 14.7 Å². The van der Waals surface area contributed by atoms with Gasteiger partial charge in [-0.3, -0.25) is 14.6 Å². The van der Waals surface area contributed by atoms with E-state index in [0.29, 0.717) is 12.1 Å². The Labute approximate surface area is 128 Å². The van der Waals surface area contributed by atoms with Crippen molar-refractivity contribution >= 4 is 17.6 Å². The van der Waals surface area contributed by atoms with E-state index in [9.17, 15) is 9.59 Å². The molecule has 6 heteroatoms. The average molecular weight is 299 g/mol. The first-order valence-electron chi connectivity index (χ1n) is 6.87. The first-order valence-corrected chi connectivity index (χ1v) is 6.87. The van der Waals surface area contributed by atoms with Crippen molar-refractivity contribution in [2.45, 2.75) is 20.3 Å². The van der Waals surface area contributed by atoms with E-state index >= 15 is 0 Å². The molecule has 0 aliphatic carbocycles. The minimum atomic E-state index is -0.824. The molecule has 0 saturated heterocycles. The zero-order valence-electron chi connectivity index (χ0n) is 12.4. The second kappa shape index (κ2) is 6.80. The fraction of sp³-hybridized carbons (Fsp3) is 0.250. The minimum Gasteiger partial charge on any atom is -0.481 e. The van der Waals surface area contributed by atoms with Crippen LogP contribution in [0.4, 0.5) is 5.69 Å². The summed E-state index contributed by atoms with van der Waals surface area (Å²) >= 11 is 0. The van der Waals surface area contributed by atoms with Crippen LogP contribution in [0.15, 0.2) is 36.7 Å². The van der Waals surface area contributed by atoms with Gasteiger partial charge >= 0.3 is 5.97 Å². The number of hydrogen-bond donors (Lipinski definition) is 2. The van der Waals surface area contributed by atoms with Gasteiger partial charge in [0.05, 0.1) is 17.8 Å². The smallest absolute Gasteiger partial charge is 0.306 e. The molecule has 0 fully saturated rings. The lowest BCUT2D eigenvalue weighted by molar-refractivity contribution is -0.141. The quantitative estimate of drug-likeness (QED) is 0.883. The van der Waals surface area contributed by atoms with Crippen LogP contribution in [0.25, 0.3) is 0 Å². The third kappa shape index (κ3) is 4.12. The summed E-state index contributed by atoms with van der Waals surface area (Å²) in [6.07, 6.45) is 3.41. The summed E-state index contributed by atoms with van der Waals surface area (Å²) in [4.78, 5) is 30.9. The van der Waals surface area contributed by atoms with Crippen LogP contribution in [0.1, 0.15) is 28.7 Å². The van der Waals surface area contributed by atoms with Crippen molar-refractivity contribution in [3.8, 4) is 0 Å². The number of carboxylic acids is 1. The number of nitrogens with one attached hydrogen (secondary N) is 1. The SMILES string of the molecule is Cc1cnc(C(=O)Nc2ccc(CC(C)C(=O)O)cc2)cn1. The molecule has 22 heavy (non-hydrogen) atoms. The molecule has 1 amide bonds. The molecule has 2 aromatic rings. The second-order valence-electron chi connectivity index (χ2n) is 5.14. The van der Waals surface area contributed by atoms with Crippen LogP contribution in [0.2, 0.25) is 0 Å². The van der Waals surface area contributed by atoms with Crippen LogP contribution >= 0.6 is 0 Å². The zero-order valence-corrected chi connectivity index (χ0v) is 12.4. The third-order valence-electron chi connectivity index (χ3n) is 3.19. The highest BCUT2D eigenvalue weighted by Crippen LogP contribution is 2.14. The standard InChI is InChI=1S/C16H17N3O3/c1-10(16(21)22)7-12-3-5-13(6-4-12)19-15(20)14-9-17-11(2)8-18-14/h3-6,8-10H,7H2,1-2H3,(H,19,20)(H,21,22). The normalized spacial score (nSPS) is 11.7. The molecular weight excluding hydrogens is 282 g/mol. The number of rotatable bonds is 5. The molecule has 0 aliphatic heterocycles. The predicted molar refractivity (Wildman–Crippen MR) is 81.7 cm³/mol. The summed E-state index contributed by atoms with van der Waals surface area (Å²) in [5.41, 5.74) is 2.52. The maximum atomic E-state index is 12.0. The molecular formula is C16H17N3O3. The van der Waals surface area contributed by atoms with Gasteiger partial charge in [-0.15, -0.1) is 0 Å². The van der Waals surface area contributed by atoms with E-state index < -0.39 is 11.9 Å². The van der Waals surface area contributed by atoms with Crippen LogP contribution in [-0.2, 0) is 11.2 Å². The lowest BCUT2D eigenvalue weighted by atomic mass is 10.0. The molecule has 2 N–H and O–H groups in total. The summed E-state index contributed by atoms with van der Waals surface area (Å²) in [5.74, 6) is -1.60. The molecule has 1 heterocycles. The maximum Gasteiger partial charge on any atom is 0.306 e. The molecule has 1 atom stereocenters. The Kier molecular flexibility index (Phi) is 4.83. The Morgan fingerprint density at radius 2 is 1.86 bits per heavy atom. The van der Waals surface area contributed by atoms with E-state index in [0.717, 1.165) is 11.3 Å². The summed E-state index contributed by atoms with van der Waals surface area (Å²) < 4.78 is 0. The van der Waals surface area contributed by atoms with Crippen LogP contribution in [0.3, 0.4) is 0 Å². The van der Waals surface area contributed by atoms with E-state index in [1.807, 2.05) is 0 Å². The molecule has 2 rings (SSSR count). The van der Waals surface area contributed by atoms with E-state index in [-0.39, 0.29) is 11.6 Å². The second-order valence-corrected chi connectivity index (χ2v) is 5.14. The van der Waals surface area contributed by atoms with Crippen LogP contribution in [-0.4, -0.2) is 27.0 Å². The molecule has 6 nitrogen and oxygen atoms in total. The van der Waals surface area contributed by atoms with Gasteiger partial charge in [-0.2, -0.15) is 0 Å². The van der Waals surface area contributed by atoms with Gasteiger partial charge < -0.3 is 10.4 Å². The monoisotopic (exact) mass is 299 g/mol. The number of hydrogen-bond acceptors (Lipinski definition) is 4. The number of aryl methyl sites for hydroxylation is 1. The molecule has 0 spiro atoms. The number of aromatic nitrogens is 2. The van der Waals surface area contributed by atoms with E-state index in [4.69, 9.17) is 5.11 Å². The highest BCUT2D eigenvalue weighted by atomic mass is 16.4. The number of amides is 1. The first kappa shape index (κ1) is 15.6. The molecule has 1 aromatic heterocycles. The fourth-order valence-electron chi connectivity index (χ4n) is 1.87. The van der Waals surface area contributed by atoms with Crippen LogP contribution in [0.5, 0.6) is 0 Å². The van der Waals surface area contributed by atoms with E-state index in [1.54, 1.807) is 38.1 Å². The van der Waals surface area contributed by atoms with Crippen LogP contribution in [0, 0.1) is 12.8 Å². The number of carboxylic acid groups (broad SMARTS) is 1. The predicted octanol–water partition coefficient (Wildman–Crippen LogP) is 2.30. The fourth-order valence-corrected chi connectivity index (χ4v) is 1.87.